The van der Waals surface area contributed by atoms with Gasteiger partial charge in [-0.3, -0.25) is 0 Å². The van der Waals surface area contributed by atoms with E-state index in [2.05, 4.69) is 0 Å². The van der Waals surface area contributed by atoms with Crippen molar-refractivity contribution in [3.63, 3.8) is 0 Å². The summed E-state index contributed by atoms with van der Waals surface area (Å²) in [6, 6.07) is 5.51. The van der Waals surface area contributed by atoms with E-state index in [1.807, 2.05) is 23.0 Å². The maximum Gasteiger partial charge on any atom is 0.126 e. The van der Waals surface area contributed by atoms with Crippen LogP contribution in [0.25, 0.3) is 0 Å². The third-order valence-electron chi connectivity index (χ3n) is 2.53. The first-order chi connectivity index (χ1) is 8.17. The number of hydrogen-bond acceptors (Lipinski definition) is 1. The molecule has 0 radical (unpaired) electrons. The molecule has 0 fully saturated rings. The first-order valence-corrected chi connectivity index (χ1v) is 5.47. The SMILES string of the molecule is NCCc1ccn(Cc2cc(F)cc(F)c2)c1. The number of halogens is 2. The third kappa shape index (κ3) is 3.14. The summed E-state index contributed by atoms with van der Waals surface area (Å²) in [6.45, 7) is 1.05. The molecule has 0 amide bonds. The lowest BCUT2D eigenvalue weighted by Gasteiger charge is -2.03. The van der Waals surface area contributed by atoms with E-state index in [1.54, 1.807) is 0 Å². The lowest BCUT2D eigenvalue weighted by molar-refractivity contribution is 0.577. The molecule has 1 aromatic heterocycles. The summed E-state index contributed by atoms with van der Waals surface area (Å²) >= 11 is 0. The molecule has 0 aliphatic heterocycles. The minimum atomic E-state index is -0.547. The predicted octanol–water partition coefficient (Wildman–Crippen LogP) is 2.32. The van der Waals surface area contributed by atoms with Gasteiger partial charge >= 0.3 is 0 Å². The van der Waals surface area contributed by atoms with Gasteiger partial charge in [0, 0.05) is 25.0 Å². The average Bonchev–Trinajstić information content (AvgIpc) is 2.64. The molecular weight excluding hydrogens is 222 g/mol. The van der Waals surface area contributed by atoms with Crippen molar-refractivity contribution < 1.29 is 8.78 Å². The molecule has 0 saturated carbocycles. The maximum absolute atomic E-state index is 13.0. The van der Waals surface area contributed by atoms with Crippen LogP contribution in [0.15, 0.2) is 36.7 Å². The van der Waals surface area contributed by atoms with Gasteiger partial charge in [-0.1, -0.05) is 0 Å². The largest absolute Gasteiger partial charge is 0.350 e. The standard InChI is InChI=1S/C13H14F2N2/c14-12-5-11(6-13(15)7-12)9-17-4-2-10(8-17)1-3-16/h2,4-8H,1,3,9,16H2. The number of aromatic nitrogens is 1. The summed E-state index contributed by atoms with van der Waals surface area (Å²) in [6.07, 6.45) is 4.63. The van der Waals surface area contributed by atoms with E-state index < -0.39 is 11.6 Å². The molecule has 0 atom stereocenters. The van der Waals surface area contributed by atoms with Crippen molar-refractivity contribution in [1.29, 1.82) is 0 Å². The van der Waals surface area contributed by atoms with E-state index in [1.165, 1.54) is 12.1 Å². The van der Waals surface area contributed by atoms with Gasteiger partial charge in [-0.15, -0.1) is 0 Å². The van der Waals surface area contributed by atoms with E-state index in [4.69, 9.17) is 5.73 Å². The van der Waals surface area contributed by atoms with E-state index in [0.29, 0.717) is 18.7 Å². The summed E-state index contributed by atoms with van der Waals surface area (Å²) in [5.41, 5.74) is 7.19. The highest BCUT2D eigenvalue weighted by molar-refractivity contribution is 5.20. The third-order valence-corrected chi connectivity index (χ3v) is 2.53. The van der Waals surface area contributed by atoms with Gasteiger partial charge < -0.3 is 10.3 Å². The van der Waals surface area contributed by atoms with Gasteiger partial charge in [0.25, 0.3) is 0 Å². The number of hydrogen-bond donors (Lipinski definition) is 1. The predicted molar refractivity (Wildman–Crippen MR) is 62.7 cm³/mol. The Kier molecular flexibility index (Phi) is 3.54. The Morgan fingerprint density at radius 3 is 2.41 bits per heavy atom. The molecule has 2 N–H and O–H groups in total. The molecule has 1 aromatic carbocycles. The number of nitrogens with zero attached hydrogens (tertiary/aromatic N) is 1. The Morgan fingerprint density at radius 1 is 1.06 bits per heavy atom. The molecule has 0 spiro atoms. The quantitative estimate of drug-likeness (QED) is 0.867. The molecule has 2 aromatic rings. The van der Waals surface area contributed by atoms with Gasteiger partial charge in [0.2, 0.25) is 0 Å². The van der Waals surface area contributed by atoms with Gasteiger partial charge in [-0.05, 0) is 42.3 Å². The zero-order valence-corrected chi connectivity index (χ0v) is 9.37. The van der Waals surface area contributed by atoms with Crippen LogP contribution in [-0.2, 0) is 13.0 Å². The molecule has 0 unspecified atom stereocenters. The summed E-state index contributed by atoms with van der Waals surface area (Å²) in [4.78, 5) is 0. The van der Waals surface area contributed by atoms with Crippen LogP contribution in [0.4, 0.5) is 8.78 Å². The van der Waals surface area contributed by atoms with E-state index in [-0.39, 0.29) is 0 Å². The lowest BCUT2D eigenvalue weighted by atomic mass is 10.2. The molecule has 90 valence electrons. The van der Waals surface area contributed by atoms with Crippen LogP contribution in [0.2, 0.25) is 0 Å². The normalized spacial score (nSPS) is 10.8. The minimum Gasteiger partial charge on any atom is -0.350 e. The molecule has 4 heteroatoms. The molecule has 1 heterocycles. The van der Waals surface area contributed by atoms with Crippen molar-refractivity contribution in [3.05, 3.63) is 59.4 Å². The Hall–Kier alpha value is -1.68. The van der Waals surface area contributed by atoms with Crippen molar-refractivity contribution in [3.8, 4) is 0 Å². The number of nitrogens with two attached hydrogens (primary N) is 1. The van der Waals surface area contributed by atoms with Crippen LogP contribution in [0, 0.1) is 11.6 Å². The maximum atomic E-state index is 13.0. The minimum absolute atomic E-state index is 0.458. The van der Waals surface area contributed by atoms with E-state index >= 15 is 0 Å². The van der Waals surface area contributed by atoms with Crippen LogP contribution in [0.1, 0.15) is 11.1 Å². The van der Waals surface area contributed by atoms with E-state index in [0.717, 1.165) is 18.1 Å². The smallest absolute Gasteiger partial charge is 0.126 e. The van der Waals surface area contributed by atoms with Crippen molar-refractivity contribution in [2.24, 2.45) is 5.73 Å². The number of rotatable bonds is 4. The molecular formula is C13H14F2N2. The zero-order valence-electron chi connectivity index (χ0n) is 9.37. The highest BCUT2D eigenvalue weighted by Crippen LogP contribution is 2.11. The summed E-state index contributed by atoms with van der Waals surface area (Å²) < 4.78 is 27.9. The highest BCUT2D eigenvalue weighted by atomic mass is 19.1. The van der Waals surface area contributed by atoms with E-state index in [9.17, 15) is 8.78 Å². The fourth-order valence-electron chi connectivity index (χ4n) is 1.82. The van der Waals surface area contributed by atoms with Crippen LogP contribution < -0.4 is 5.73 Å². The lowest BCUT2D eigenvalue weighted by Crippen LogP contribution is -2.02. The number of benzene rings is 1. The molecule has 2 nitrogen and oxygen atoms in total. The fraction of sp³-hybridized carbons (Fsp3) is 0.231. The van der Waals surface area contributed by atoms with Gasteiger partial charge in [-0.25, -0.2) is 8.78 Å². The molecule has 17 heavy (non-hydrogen) atoms. The Bertz CT molecular complexity index is 486. The first kappa shape index (κ1) is 11.8. The summed E-state index contributed by atoms with van der Waals surface area (Å²) in [7, 11) is 0. The Balaban J connectivity index is 2.13. The second-order valence-electron chi connectivity index (χ2n) is 4.01. The fourth-order valence-corrected chi connectivity index (χ4v) is 1.82. The van der Waals surface area contributed by atoms with Crippen molar-refractivity contribution in [1.82, 2.24) is 4.57 Å². The monoisotopic (exact) mass is 236 g/mol. The van der Waals surface area contributed by atoms with Gasteiger partial charge in [-0.2, -0.15) is 0 Å². The Morgan fingerprint density at radius 2 is 1.76 bits per heavy atom. The highest BCUT2D eigenvalue weighted by Gasteiger charge is 2.02. The molecule has 0 bridgehead atoms. The molecule has 2 rings (SSSR count). The van der Waals surface area contributed by atoms with Crippen LogP contribution in [-0.4, -0.2) is 11.1 Å². The van der Waals surface area contributed by atoms with Crippen molar-refractivity contribution >= 4 is 0 Å². The van der Waals surface area contributed by atoms with Crippen LogP contribution >= 0.6 is 0 Å². The first-order valence-electron chi connectivity index (χ1n) is 5.47. The summed E-state index contributed by atoms with van der Waals surface area (Å²) in [5, 5.41) is 0. The van der Waals surface area contributed by atoms with Crippen LogP contribution in [0.5, 0.6) is 0 Å². The van der Waals surface area contributed by atoms with Gasteiger partial charge in [0.05, 0.1) is 0 Å². The molecule has 0 aliphatic rings. The van der Waals surface area contributed by atoms with Gasteiger partial charge in [0.15, 0.2) is 0 Å². The second kappa shape index (κ2) is 5.10. The molecule has 0 saturated heterocycles. The van der Waals surface area contributed by atoms with Crippen molar-refractivity contribution in [2.75, 3.05) is 6.54 Å². The van der Waals surface area contributed by atoms with Crippen molar-refractivity contribution in [2.45, 2.75) is 13.0 Å². The molecule has 0 aliphatic carbocycles. The van der Waals surface area contributed by atoms with Gasteiger partial charge in [0.1, 0.15) is 11.6 Å². The van der Waals surface area contributed by atoms with Crippen LogP contribution in [0.3, 0.4) is 0 Å². The Labute approximate surface area is 98.7 Å². The zero-order chi connectivity index (χ0) is 12.3. The second-order valence-corrected chi connectivity index (χ2v) is 4.01. The summed E-state index contributed by atoms with van der Waals surface area (Å²) in [5.74, 6) is -1.09. The average molecular weight is 236 g/mol. The topological polar surface area (TPSA) is 30.9 Å².